The Kier molecular flexibility index (Phi) is 11.4. The number of hydrogen-bond donors (Lipinski definition) is 5. The van der Waals surface area contributed by atoms with Crippen molar-refractivity contribution in [2.75, 3.05) is 84.2 Å². The van der Waals surface area contributed by atoms with Crippen molar-refractivity contribution < 1.29 is 29.3 Å². The van der Waals surface area contributed by atoms with Crippen LogP contribution >= 0.6 is 0 Å². The molecule has 2 saturated heterocycles. The minimum absolute atomic E-state index is 0.0402. The summed E-state index contributed by atoms with van der Waals surface area (Å²) in [6.07, 6.45) is 5.31. The van der Waals surface area contributed by atoms with Crippen molar-refractivity contribution in [1.29, 1.82) is 0 Å². The van der Waals surface area contributed by atoms with Gasteiger partial charge in [0.05, 0.1) is 39.0 Å². The zero-order chi connectivity index (χ0) is 27.5. The van der Waals surface area contributed by atoms with E-state index < -0.39 is 6.04 Å². The van der Waals surface area contributed by atoms with Gasteiger partial charge in [0.2, 0.25) is 11.8 Å². The van der Waals surface area contributed by atoms with Crippen LogP contribution in [-0.2, 0) is 20.9 Å². The van der Waals surface area contributed by atoms with Gasteiger partial charge in [-0.05, 0) is 36.5 Å². The number of amides is 2. The number of hydrogen-bond acceptors (Lipinski definition) is 9. The minimum atomic E-state index is -0.455. The molecule has 0 aliphatic carbocycles. The topological polar surface area (TPSA) is 136 Å². The molecule has 2 amide bonds. The van der Waals surface area contributed by atoms with E-state index >= 15 is 0 Å². The first kappa shape index (κ1) is 29.3. The van der Waals surface area contributed by atoms with E-state index in [1.807, 2.05) is 29.2 Å². The number of aliphatic hydroxyl groups is 2. The molecule has 0 radical (unpaired) electrons. The zero-order valence-corrected chi connectivity index (χ0v) is 22.6. The van der Waals surface area contributed by atoms with Gasteiger partial charge in [-0.2, -0.15) is 0 Å². The summed E-state index contributed by atoms with van der Waals surface area (Å²) in [6.45, 7) is 6.65. The smallest absolute Gasteiger partial charge is 0.236 e. The van der Waals surface area contributed by atoms with Crippen molar-refractivity contribution in [3.05, 3.63) is 35.9 Å². The fraction of sp³-hybridized carbons (Fsp3) is 0.643. The molecular formula is C28H43N5O6. The largest absolute Gasteiger partial charge is 0.489 e. The molecule has 0 saturated carbocycles. The highest BCUT2D eigenvalue weighted by Crippen LogP contribution is 2.29. The van der Waals surface area contributed by atoms with E-state index in [-0.39, 0.29) is 43.4 Å². The van der Waals surface area contributed by atoms with Crippen molar-refractivity contribution in [1.82, 2.24) is 20.4 Å². The second-order valence-electron chi connectivity index (χ2n) is 10.4. The number of nitrogens with one attached hydrogen (secondary N) is 3. The zero-order valence-electron chi connectivity index (χ0n) is 22.6. The normalized spacial score (nSPS) is 23.6. The van der Waals surface area contributed by atoms with Crippen molar-refractivity contribution in [2.45, 2.75) is 25.4 Å². The van der Waals surface area contributed by atoms with Gasteiger partial charge < -0.3 is 40.5 Å². The van der Waals surface area contributed by atoms with Gasteiger partial charge in [-0.1, -0.05) is 12.2 Å². The molecule has 2 fully saturated rings. The molecule has 39 heavy (non-hydrogen) atoms. The first-order chi connectivity index (χ1) is 19.1. The predicted molar refractivity (Wildman–Crippen MR) is 147 cm³/mol. The van der Waals surface area contributed by atoms with Crippen LogP contribution < -0.4 is 20.7 Å². The van der Waals surface area contributed by atoms with Crippen LogP contribution in [0.1, 0.15) is 18.4 Å². The maximum absolute atomic E-state index is 13.0. The fourth-order valence-corrected chi connectivity index (χ4v) is 5.33. The third-order valence-corrected chi connectivity index (χ3v) is 7.64. The molecule has 0 spiro atoms. The van der Waals surface area contributed by atoms with Gasteiger partial charge in [0.15, 0.2) is 0 Å². The van der Waals surface area contributed by atoms with Crippen LogP contribution in [0, 0.1) is 11.8 Å². The molecule has 3 aliphatic rings. The lowest BCUT2D eigenvalue weighted by atomic mass is 9.82. The third kappa shape index (κ3) is 8.91. The summed E-state index contributed by atoms with van der Waals surface area (Å²) in [5.41, 5.74) is 1.63. The lowest BCUT2D eigenvalue weighted by molar-refractivity contribution is -0.132. The average molecular weight is 546 g/mol. The van der Waals surface area contributed by atoms with Gasteiger partial charge >= 0.3 is 0 Å². The number of fused-ring (bicyclic) bond motifs is 3. The van der Waals surface area contributed by atoms with Crippen LogP contribution in [-0.4, -0.2) is 117 Å². The summed E-state index contributed by atoms with van der Waals surface area (Å²) in [4.78, 5) is 29.9. The molecule has 11 nitrogen and oxygen atoms in total. The van der Waals surface area contributed by atoms with E-state index in [0.717, 1.165) is 50.5 Å². The van der Waals surface area contributed by atoms with Crippen molar-refractivity contribution in [2.24, 2.45) is 11.8 Å². The van der Waals surface area contributed by atoms with Gasteiger partial charge in [0.25, 0.3) is 0 Å². The monoisotopic (exact) mass is 545 g/mol. The summed E-state index contributed by atoms with van der Waals surface area (Å²) in [5.74, 6) is 1.05. The van der Waals surface area contributed by atoms with Crippen LogP contribution in [0.25, 0.3) is 0 Å². The number of aliphatic hydroxyl groups excluding tert-OH is 2. The highest BCUT2D eigenvalue weighted by Gasteiger charge is 2.31. The Morgan fingerprint density at radius 3 is 2.77 bits per heavy atom. The highest BCUT2D eigenvalue weighted by molar-refractivity contribution is 5.79. The average Bonchev–Trinajstić information content (AvgIpc) is 2.96. The Labute approximate surface area is 230 Å². The molecule has 0 unspecified atom stereocenters. The van der Waals surface area contributed by atoms with Crippen LogP contribution in [0.2, 0.25) is 0 Å². The number of ether oxygens (including phenoxy) is 2. The van der Waals surface area contributed by atoms with Gasteiger partial charge in [0, 0.05) is 63.5 Å². The molecule has 3 heterocycles. The second kappa shape index (κ2) is 15.2. The first-order valence-corrected chi connectivity index (χ1v) is 14.0. The number of carbonyl (C=O) groups is 2. The van der Waals surface area contributed by atoms with E-state index in [1.165, 1.54) is 0 Å². The molecule has 0 aromatic heterocycles. The van der Waals surface area contributed by atoms with E-state index in [2.05, 4.69) is 26.9 Å². The van der Waals surface area contributed by atoms with Crippen LogP contribution in [0.4, 0.5) is 5.69 Å². The Bertz CT molecular complexity index is 966. The number of anilines is 1. The first-order valence-electron chi connectivity index (χ1n) is 14.0. The lowest BCUT2D eigenvalue weighted by Crippen LogP contribution is -2.47. The minimum Gasteiger partial charge on any atom is -0.489 e. The van der Waals surface area contributed by atoms with Crippen LogP contribution in [0.5, 0.6) is 5.75 Å². The molecule has 216 valence electrons. The Morgan fingerprint density at radius 1 is 1.15 bits per heavy atom. The van der Waals surface area contributed by atoms with E-state index in [4.69, 9.17) is 9.47 Å². The molecule has 3 aliphatic heterocycles. The number of benzene rings is 1. The van der Waals surface area contributed by atoms with E-state index in [1.54, 1.807) is 0 Å². The molecule has 5 N–H and O–H groups in total. The molecule has 4 rings (SSSR count). The molecule has 1 aromatic carbocycles. The van der Waals surface area contributed by atoms with Crippen molar-refractivity contribution in [3.63, 3.8) is 0 Å². The lowest BCUT2D eigenvalue weighted by Gasteiger charge is -2.37. The predicted octanol–water partition coefficient (Wildman–Crippen LogP) is -0.207. The quantitative estimate of drug-likeness (QED) is 0.267. The summed E-state index contributed by atoms with van der Waals surface area (Å²) in [5, 5.41) is 28.2. The number of piperidine rings is 1. The number of rotatable bonds is 9. The highest BCUT2D eigenvalue weighted by atomic mass is 16.5. The fourth-order valence-electron chi connectivity index (χ4n) is 5.33. The number of carbonyl (C=O) groups excluding carboxylic acids is 2. The van der Waals surface area contributed by atoms with Gasteiger partial charge in [-0.25, -0.2) is 0 Å². The standard InChI is InChI=1S/C28H43N5O6/c34-19-25(20-35)31-24-3-4-26-23(14-24)16-29-17-28(37)33-7-5-21(22(18-33)2-1-11-39-26)15-27(36)30-6-8-32-9-12-38-13-10-32/h1-4,14,21-22,25,29,31,34-35H,5-13,15-20H2,(H,30,36)/b2-1+/t21-,22-/m0/s1. The van der Waals surface area contributed by atoms with Crippen molar-refractivity contribution in [3.8, 4) is 5.75 Å². The molecular weight excluding hydrogens is 502 g/mol. The third-order valence-electron chi connectivity index (χ3n) is 7.64. The molecule has 2 atom stereocenters. The SMILES string of the molecule is O=C(C[C@@H]1CCN2C[C@@H]1/C=C/COc1ccc(NC(CO)CO)cc1CNCC2=O)NCCN1CCOCC1. The maximum atomic E-state index is 13.0. The summed E-state index contributed by atoms with van der Waals surface area (Å²) < 4.78 is 11.4. The summed E-state index contributed by atoms with van der Waals surface area (Å²) in [6, 6.07) is 5.15. The maximum Gasteiger partial charge on any atom is 0.236 e. The van der Waals surface area contributed by atoms with Gasteiger partial charge in [0.1, 0.15) is 12.4 Å². The molecule has 2 bridgehead atoms. The van der Waals surface area contributed by atoms with Gasteiger partial charge in [-0.15, -0.1) is 0 Å². The van der Waals surface area contributed by atoms with Crippen molar-refractivity contribution >= 4 is 17.5 Å². The van der Waals surface area contributed by atoms with E-state index in [0.29, 0.717) is 45.0 Å². The summed E-state index contributed by atoms with van der Waals surface area (Å²) >= 11 is 0. The number of nitrogens with zero attached hydrogens (tertiary/aromatic N) is 2. The number of morpholine rings is 1. The van der Waals surface area contributed by atoms with Crippen LogP contribution in [0.15, 0.2) is 30.4 Å². The Hall–Kier alpha value is -2.70. The van der Waals surface area contributed by atoms with Gasteiger partial charge in [-0.3, -0.25) is 14.5 Å². The Morgan fingerprint density at radius 2 is 1.97 bits per heavy atom. The summed E-state index contributed by atoms with van der Waals surface area (Å²) in [7, 11) is 0. The second-order valence-corrected chi connectivity index (χ2v) is 10.4. The van der Waals surface area contributed by atoms with E-state index in [9.17, 15) is 19.8 Å². The Balaban J connectivity index is 1.36. The molecule has 1 aromatic rings. The van der Waals surface area contributed by atoms with Crippen LogP contribution in [0.3, 0.4) is 0 Å². The molecule has 11 heteroatoms.